The third-order valence-corrected chi connectivity index (χ3v) is 10.8. The summed E-state index contributed by atoms with van der Waals surface area (Å²) in [5.41, 5.74) is 4.70. The highest BCUT2D eigenvalue weighted by Crippen LogP contribution is 2.37. The van der Waals surface area contributed by atoms with Gasteiger partial charge >= 0.3 is 6.09 Å². The van der Waals surface area contributed by atoms with Crippen LogP contribution >= 0.6 is 67.5 Å². The molecule has 2 fully saturated rings. The second kappa shape index (κ2) is 23.9. The van der Waals surface area contributed by atoms with Crippen molar-refractivity contribution in [3.63, 3.8) is 0 Å². The van der Waals surface area contributed by atoms with E-state index in [1.165, 1.54) is 7.11 Å². The Morgan fingerprint density at radius 1 is 0.877 bits per heavy atom. The van der Waals surface area contributed by atoms with E-state index in [9.17, 15) is 14.4 Å². The van der Waals surface area contributed by atoms with Gasteiger partial charge in [-0.2, -0.15) is 67.5 Å². The van der Waals surface area contributed by atoms with Crippen molar-refractivity contribution in [3.8, 4) is 11.3 Å². The highest BCUT2D eigenvalue weighted by atomic mass is 32.1. The van der Waals surface area contributed by atoms with Gasteiger partial charge in [-0.05, 0) is 43.1 Å². The zero-order valence-electron chi connectivity index (χ0n) is 33.9. The highest BCUT2D eigenvalue weighted by Gasteiger charge is 2.42. The summed E-state index contributed by atoms with van der Waals surface area (Å²) in [6.45, 7) is 12.8. The van der Waals surface area contributed by atoms with Crippen LogP contribution in [0.4, 0.5) is 4.79 Å². The Kier molecular flexibility index (Phi) is 22.1. The molecule has 5 heterocycles. The summed E-state index contributed by atoms with van der Waals surface area (Å²) in [7, 11) is 1.29. The molecule has 0 saturated carbocycles. The number of likely N-dealkylation sites (tertiary alicyclic amines) is 2. The van der Waals surface area contributed by atoms with Crippen molar-refractivity contribution in [2.24, 2.45) is 17.8 Å². The second-order valence-corrected chi connectivity index (χ2v) is 15.2. The number of nitrogens with one attached hydrogen (secondary N) is 3. The number of aromatic nitrogens is 4. The molecule has 3 aromatic rings. The fourth-order valence-corrected chi connectivity index (χ4v) is 7.46. The number of rotatable bonds is 9. The molecule has 3 N–H and O–H groups in total. The Bertz CT molecular complexity index is 1710. The zero-order chi connectivity index (χ0) is 36.9. The smallest absolute Gasteiger partial charge is 0.407 e. The molecule has 2 saturated heterocycles. The number of aromatic amines is 2. The average Bonchev–Trinajstić information content (AvgIpc) is 3.95. The molecular formula is C39H65N7O6S5. The van der Waals surface area contributed by atoms with E-state index in [4.69, 9.17) is 24.2 Å². The van der Waals surface area contributed by atoms with Crippen LogP contribution < -0.4 is 5.32 Å². The molecular weight excluding hydrogens is 823 g/mol. The molecule has 1 aromatic carbocycles. The second-order valence-electron chi connectivity index (χ2n) is 15.2. The molecule has 13 nitrogen and oxygen atoms in total. The van der Waals surface area contributed by atoms with Crippen LogP contribution in [0, 0.1) is 17.8 Å². The molecule has 6 rings (SSSR count). The lowest BCUT2D eigenvalue weighted by Gasteiger charge is -2.29. The minimum absolute atomic E-state index is 0. The molecule has 4 bridgehead atoms. The molecule has 3 aliphatic rings. The van der Waals surface area contributed by atoms with E-state index in [0.29, 0.717) is 50.9 Å². The fourth-order valence-electron chi connectivity index (χ4n) is 7.46. The van der Waals surface area contributed by atoms with E-state index in [1.54, 1.807) is 4.90 Å². The van der Waals surface area contributed by atoms with Gasteiger partial charge in [-0.1, -0.05) is 58.9 Å². The lowest BCUT2D eigenvalue weighted by molar-refractivity contribution is -0.137. The molecule has 18 heteroatoms. The quantitative estimate of drug-likeness (QED) is 0.228. The van der Waals surface area contributed by atoms with Gasteiger partial charge in [0.1, 0.15) is 17.7 Å². The summed E-state index contributed by atoms with van der Waals surface area (Å²) in [5, 5.41) is 2.73. The number of carbonyl (C=O) groups is 3. The summed E-state index contributed by atoms with van der Waals surface area (Å²) < 4.78 is 17.1. The fraction of sp³-hybridized carbons (Fsp3) is 0.615. The van der Waals surface area contributed by atoms with Crippen LogP contribution in [-0.4, -0.2) is 93.2 Å². The Morgan fingerprint density at radius 3 is 2.25 bits per heavy atom. The summed E-state index contributed by atoms with van der Waals surface area (Å²) >= 11 is 0. The molecule has 322 valence electrons. The van der Waals surface area contributed by atoms with Gasteiger partial charge in [-0.25, -0.2) is 14.8 Å². The SMILES string of the molecule is COC(=O)N[C@H](C(=O)N1C[C@@H]2C[C@H]1c1nc(-c3ccc(Cc4cnc([C@@H]5CCCN5C(=O)[C@@H](C)C(C)C)[nH]4)cc3)c([nH]1)COCCCCO2)C(C)C.S.S.S.S.S. The molecule has 0 radical (unpaired) electrons. The van der Waals surface area contributed by atoms with E-state index in [1.807, 2.05) is 31.9 Å². The zero-order valence-corrected chi connectivity index (χ0v) is 38.9. The molecule has 3 amide bonds. The van der Waals surface area contributed by atoms with Gasteiger partial charge in [0.05, 0.1) is 43.3 Å². The maximum atomic E-state index is 14.0. The molecule has 2 aromatic heterocycles. The lowest BCUT2D eigenvalue weighted by Crippen LogP contribution is -2.51. The Morgan fingerprint density at radius 2 is 1.58 bits per heavy atom. The third kappa shape index (κ3) is 12.5. The van der Waals surface area contributed by atoms with Crippen LogP contribution in [-0.2, 0) is 36.8 Å². The Labute approximate surface area is 372 Å². The van der Waals surface area contributed by atoms with Crippen LogP contribution in [0.3, 0.4) is 0 Å². The molecule has 3 aliphatic heterocycles. The standard InChI is InChI=1S/C39H55N7O6.5H2S/c1-23(2)25(5)37(47)45-15-9-10-31(45)35-40-20-28(41-35)18-26-11-13-27(14-12-26)34-30-22-51-16-7-8-17-52-29-19-32(36(42-30)43-34)46(21-29)38(48)33(24(3)4)44-39(49)50-6;;;;;/h11-14,20,23-25,29,31-33H,7-10,15-19,21-22H2,1-6H3,(H,40,41)(H,42,43)(H,44,49);5*1H2/t25-,29-,31-,32-,33-;;;;;/m0...../s1. The van der Waals surface area contributed by atoms with Crippen LogP contribution in [0.15, 0.2) is 30.5 Å². The number of amides is 3. The first-order chi connectivity index (χ1) is 25.0. The highest BCUT2D eigenvalue weighted by molar-refractivity contribution is 7.60. The number of fused-ring (bicyclic) bond motifs is 5. The van der Waals surface area contributed by atoms with Gasteiger partial charge in [0.15, 0.2) is 0 Å². The predicted molar refractivity (Wildman–Crippen MR) is 247 cm³/mol. The normalized spacial score (nSPS) is 20.2. The minimum Gasteiger partial charge on any atom is -0.453 e. The first-order valence-corrected chi connectivity index (χ1v) is 18.9. The molecule has 0 unspecified atom stereocenters. The van der Waals surface area contributed by atoms with Crippen molar-refractivity contribution in [2.75, 3.05) is 33.4 Å². The van der Waals surface area contributed by atoms with Gasteiger partial charge < -0.3 is 39.3 Å². The molecule has 57 heavy (non-hydrogen) atoms. The Balaban J connectivity index is 0.00000325. The van der Waals surface area contributed by atoms with Crippen molar-refractivity contribution in [3.05, 3.63) is 59.1 Å². The van der Waals surface area contributed by atoms with Gasteiger partial charge in [-0.3, -0.25) is 9.59 Å². The summed E-state index contributed by atoms with van der Waals surface area (Å²) in [5.74, 6) is 1.66. The number of imidazole rings is 2. The van der Waals surface area contributed by atoms with Crippen molar-refractivity contribution in [1.82, 2.24) is 35.1 Å². The maximum Gasteiger partial charge on any atom is 0.407 e. The number of H-pyrrole nitrogens is 2. The number of benzene rings is 1. The first-order valence-electron chi connectivity index (χ1n) is 18.9. The van der Waals surface area contributed by atoms with E-state index in [-0.39, 0.29) is 109 Å². The van der Waals surface area contributed by atoms with Gasteiger partial charge in [0, 0.05) is 62.5 Å². The van der Waals surface area contributed by atoms with Crippen molar-refractivity contribution in [2.45, 2.75) is 104 Å². The molecule has 0 aliphatic carbocycles. The molecule has 0 spiro atoms. The summed E-state index contributed by atoms with van der Waals surface area (Å²) in [6, 6.07) is 7.22. The van der Waals surface area contributed by atoms with E-state index >= 15 is 0 Å². The monoisotopic (exact) mass is 887 g/mol. The maximum absolute atomic E-state index is 14.0. The van der Waals surface area contributed by atoms with Gasteiger partial charge in [0.2, 0.25) is 11.8 Å². The number of ether oxygens (including phenoxy) is 3. The number of methoxy groups -OCH3 is 1. The van der Waals surface area contributed by atoms with Crippen molar-refractivity contribution >= 4 is 85.4 Å². The van der Waals surface area contributed by atoms with Gasteiger partial charge in [-0.15, -0.1) is 0 Å². The van der Waals surface area contributed by atoms with Crippen LogP contribution in [0.1, 0.15) is 107 Å². The number of carbonyl (C=O) groups excluding carboxylic acids is 3. The molecule has 5 atom stereocenters. The van der Waals surface area contributed by atoms with Crippen LogP contribution in [0.2, 0.25) is 0 Å². The average molecular weight is 888 g/mol. The van der Waals surface area contributed by atoms with Crippen molar-refractivity contribution < 1.29 is 28.6 Å². The summed E-state index contributed by atoms with van der Waals surface area (Å²) in [4.78, 5) is 60.0. The summed E-state index contributed by atoms with van der Waals surface area (Å²) in [6.07, 6.45) is 5.99. The van der Waals surface area contributed by atoms with Crippen LogP contribution in [0.5, 0.6) is 0 Å². The minimum atomic E-state index is -0.753. The largest absolute Gasteiger partial charge is 0.453 e. The Hall–Kier alpha value is -2.48. The predicted octanol–water partition coefficient (Wildman–Crippen LogP) is 6.26. The van der Waals surface area contributed by atoms with Gasteiger partial charge in [0.25, 0.3) is 0 Å². The number of alkyl carbamates (subject to hydrolysis) is 1. The van der Waals surface area contributed by atoms with E-state index < -0.39 is 12.1 Å². The van der Waals surface area contributed by atoms with E-state index in [2.05, 4.69) is 53.4 Å². The number of nitrogens with zero attached hydrogens (tertiary/aromatic N) is 4. The number of hydrogen-bond donors (Lipinski definition) is 3. The topological polar surface area (TPSA) is 155 Å². The van der Waals surface area contributed by atoms with Crippen molar-refractivity contribution in [1.29, 1.82) is 0 Å². The first kappa shape index (κ1) is 52.5. The third-order valence-electron chi connectivity index (χ3n) is 10.8. The lowest BCUT2D eigenvalue weighted by atomic mass is 9.96. The van der Waals surface area contributed by atoms with Crippen LogP contribution in [0.25, 0.3) is 11.3 Å². The number of hydrogen-bond acceptors (Lipinski definition) is 8. The van der Waals surface area contributed by atoms with E-state index in [0.717, 1.165) is 66.3 Å².